The molecule has 0 bridgehead atoms. The van der Waals surface area contributed by atoms with Crippen LogP contribution >= 0.6 is 11.3 Å². The molecule has 2 N–H and O–H groups in total. The lowest BCUT2D eigenvalue weighted by atomic mass is 10.1. The number of benzene rings is 1. The van der Waals surface area contributed by atoms with E-state index in [0.29, 0.717) is 6.54 Å². The number of ether oxygens (including phenoxy) is 1. The van der Waals surface area contributed by atoms with Crippen LogP contribution in [0.1, 0.15) is 11.3 Å². The van der Waals surface area contributed by atoms with E-state index in [9.17, 15) is 0 Å². The van der Waals surface area contributed by atoms with Gasteiger partial charge in [0.15, 0.2) is 10.9 Å². The van der Waals surface area contributed by atoms with Crippen molar-refractivity contribution >= 4 is 22.3 Å². The minimum Gasteiger partial charge on any atom is -0.497 e. The van der Waals surface area contributed by atoms with E-state index in [1.54, 1.807) is 25.5 Å². The Balaban J connectivity index is 1.45. The highest BCUT2D eigenvalue weighted by Crippen LogP contribution is 2.12. The number of aromatic nitrogens is 2. The summed E-state index contributed by atoms with van der Waals surface area (Å²) in [6, 6.07) is 8.11. The van der Waals surface area contributed by atoms with Crippen molar-refractivity contribution in [2.24, 2.45) is 4.99 Å². The van der Waals surface area contributed by atoms with Crippen molar-refractivity contribution in [3.63, 3.8) is 0 Å². The number of guanidine groups is 1. The number of rotatable bonds is 6. The third kappa shape index (κ3) is 4.05. The normalized spacial score (nSPS) is 11.7. The Hall–Kier alpha value is -2.54. The van der Waals surface area contributed by atoms with Crippen LogP contribution in [0.3, 0.4) is 0 Å². The molecule has 24 heavy (non-hydrogen) atoms. The third-order valence-corrected chi connectivity index (χ3v) is 4.44. The van der Waals surface area contributed by atoms with E-state index in [1.165, 1.54) is 5.56 Å². The van der Waals surface area contributed by atoms with Crippen molar-refractivity contribution in [3.8, 4) is 5.75 Å². The minimum absolute atomic E-state index is 0.649. The first-order valence-corrected chi connectivity index (χ1v) is 8.65. The van der Waals surface area contributed by atoms with Gasteiger partial charge in [-0.05, 0) is 24.1 Å². The molecule has 2 aromatic heterocycles. The van der Waals surface area contributed by atoms with Gasteiger partial charge < -0.3 is 15.4 Å². The fourth-order valence-electron chi connectivity index (χ4n) is 2.37. The highest BCUT2D eigenvalue weighted by atomic mass is 32.1. The molecule has 0 unspecified atom stereocenters. The highest BCUT2D eigenvalue weighted by molar-refractivity contribution is 7.15. The first kappa shape index (κ1) is 16.3. The summed E-state index contributed by atoms with van der Waals surface area (Å²) < 4.78 is 7.20. The van der Waals surface area contributed by atoms with Gasteiger partial charge in [0.2, 0.25) is 0 Å². The van der Waals surface area contributed by atoms with Crippen LogP contribution in [0.5, 0.6) is 5.75 Å². The zero-order valence-corrected chi connectivity index (χ0v) is 14.6. The monoisotopic (exact) mass is 343 g/mol. The van der Waals surface area contributed by atoms with Crippen molar-refractivity contribution in [1.82, 2.24) is 20.0 Å². The van der Waals surface area contributed by atoms with E-state index in [-0.39, 0.29) is 0 Å². The summed E-state index contributed by atoms with van der Waals surface area (Å²) in [6.07, 6.45) is 4.97. The summed E-state index contributed by atoms with van der Waals surface area (Å²) in [5, 5.41) is 8.64. The molecule has 0 amide bonds. The Bertz CT molecular complexity index is 777. The fraction of sp³-hybridized carbons (Fsp3) is 0.294. The van der Waals surface area contributed by atoms with Gasteiger partial charge in [0.1, 0.15) is 5.75 Å². The second kappa shape index (κ2) is 7.83. The molecule has 0 aliphatic heterocycles. The van der Waals surface area contributed by atoms with Gasteiger partial charge in [0.25, 0.3) is 0 Å². The number of aliphatic imine (C=N–C) groups is 1. The van der Waals surface area contributed by atoms with Crippen LogP contribution in [0.15, 0.2) is 47.0 Å². The van der Waals surface area contributed by atoms with Crippen LogP contribution in [0.25, 0.3) is 4.96 Å². The molecule has 126 valence electrons. The molecule has 0 atom stereocenters. The van der Waals surface area contributed by atoms with Crippen molar-refractivity contribution in [2.45, 2.75) is 13.0 Å². The van der Waals surface area contributed by atoms with Crippen molar-refractivity contribution in [2.75, 3.05) is 20.7 Å². The lowest BCUT2D eigenvalue weighted by Gasteiger charge is -2.11. The summed E-state index contributed by atoms with van der Waals surface area (Å²) in [7, 11) is 3.45. The zero-order chi connectivity index (χ0) is 16.8. The van der Waals surface area contributed by atoms with Gasteiger partial charge in [0, 0.05) is 31.4 Å². The average Bonchev–Trinajstić information content (AvgIpc) is 3.20. The molecule has 3 aromatic rings. The molecule has 0 fully saturated rings. The summed E-state index contributed by atoms with van der Waals surface area (Å²) in [4.78, 5) is 9.80. The Morgan fingerprint density at radius 3 is 2.83 bits per heavy atom. The number of hydrogen-bond donors (Lipinski definition) is 2. The SMILES string of the molecule is CN=C(NCCc1ccc(OC)cc1)NCc1cn2ccsc2n1. The molecule has 0 radical (unpaired) electrons. The standard InChI is InChI=1S/C17H21N5OS/c1-18-16(19-8-7-13-3-5-15(23-2)6-4-13)20-11-14-12-22-9-10-24-17(22)21-14/h3-6,9-10,12H,7-8,11H2,1-2H3,(H2,18,19,20). The van der Waals surface area contributed by atoms with Gasteiger partial charge in [-0.2, -0.15) is 0 Å². The Labute approximate surface area is 145 Å². The maximum Gasteiger partial charge on any atom is 0.193 e. The Morgan fingerprint density at radius 2 is 2.12 bits per heavy atom. The van der Waals surface area contributed by atoms with E-state index in [4.69, 9.17) is 4.74 Å². The van der Waals surface area contributed by atoms with Gasteiger partial charge in [-0.1, -0.05) is 12.1 Å². The van der Waals surface area contributed by atoms with Crippen LogP contribution in [0.4, 0.5) is 0 Å². The number of nitrogens with zero attached hydrogens (tertiary/aromatic N) is 3. The number of nitrogens with one attached hydrogen (secondary N) is 2. The highest BCUT2D eigenvalue weighted by Gasteiger charge is 2.04. The molecule has 1 aromatic carbocycles. The van der Waals surface area contributed by atoms with E-state index < -0.39 is 0 Å². The molecular weight excluding hydrogens is 322 g/mol. The maximum absolute atomic E-state index is 5.17. The molecule has 7 heteroatoms. The lowest BCUT2D eigenvalue weighted by Crippen LogP contribution is -2.37. The molecule has 2 heterocycles. The average molecular weight is 343 g/mol. The Morgan fingerprint density at radius 1 is 1.29 bits per heavy atom. The van der Waals surface area contributed by atoms with Crippen molar-refractivity contribution in [1.29, 1.82) is 0 Å². The van der Waals surface area contributed by atoms with E-state index in [0.717, 1.165) is 35.3 Å². The number of fused-ring (bicyclic) bond motifs is 1. The summed E-state index contributed by atoms with van der Waals surface area (Å²) in [6.45, 7) is 1.46. The molecule has 0 saturated carbocycles. The first-order valence-electron chi connectivity index (χ1n) is 7.77. The number of imidazole rings is 1. The molecular formula is C17H21N5OS. The van der Waals surface area contributed by atoms with Crippen molar-refractivity contribution in [3.05, 3.63) is 53.3 Å². The smallest absolute Gasteiger partial charge is 0.193 e. The topological polar surface area (TPSA) is 63.0 Å². The maximum atomic E-state index is 5.17. The lowest BCUT2D eigenvalue weighted by molar-refractivity contribution is 0.414. The van der Waals surface area contributed by atoms with Crippen LogP contribution < -0.4 is 15.4 Å². The summed E-state index contributed by atoms with van der Waals surface area (Å²) in [5.41, 5.74) is 2.26. The number of thiazole rings is 1. The van der Waals surface area contributed by atoms with Crippen LogP contribution in [-0.2, 0) is 13.0 Å². The second-order valence-electron chi connectivity index (χ2n) is 5.28. The number of hydrogen-bond acceptors (Lipinski definition) is 4. The third-order valence-electron chi connectivity index (χ3n) is 3.67. The van der Waals surface area contributed by atoms with E-state index in [1.807, 2.05) is 34.3 Å². The van der Waals surface area contributed by atoms with Crippen molar-refractivity contribution < 1.29 is 4.74 Å². The van der Waals surface area contributed by atoms with Crippen LogP contribution in [0.2, 0.25) is 0 Å². The zero-order valence-electron chi connectivity index (χ0n) is 13.8. The largest absolute Gasteiger partial charge is 0.497 e. The molecule has 0 aliphatic rings. The predicted molar refractivity (Wildman–Crippen MR) is 98.0 cm³/mol. The molecule has 3 rings (SSSR count). The summed E-state index contributed by atoms with van der Waals surface area (Å²) >= 11 is 1.63. The predicted octanol–water partition coefficient (Wildman–Crippen LogP) is 2.31. The fourth-order valence-corrected chi connectivity index (χ4v) is 3.09. The van der Waals surface area contributed by atoms with E-state index >= 15 is 0 Å². The molecule has 0 aliphatic carbocycles. The molecule has 0 saturated heterocycles. The van der Waals surface area contributed by atoms with Gasteiger partial charge in [-0.3, -0.25) is 9.39 Å². The van der Waals surface area contributed by atoms with Gasteiger partial charge in [-0.15, -0.1) is 11.3 Å². The Kier molecular flexibility index (Phi) is 5.32. The minimum atomic E-state index is 0.649. The number of methoxy groups -OCH3 is 1. The molecule has 0 spiro atoms. The van der Waals surface area contributed by atoms with Gasteiger partial charge in [0.05, 0.1) is 19.3 Å². The first-order chi connectivity index (χ1) is 11.8. The van der Waals surface area contributed by atoms with Gasteiger partial charge in [-0.25, -0.2) is 4.98 Å². The second-order valence-corrected chi connectivity index (χ2v) is 6.15. The quantitative estimate of drug-likeness (QED) is 0.533. The molecule has 6 nitrogen and oxygen atoms in total. The van der Waals surface area contributed by atoms with E-state index in [2.05, 4.69) is 32.7 Å². The van der Waals surface area contributed by atoms with Crippen LogP contribution in [-0.4, -0.2) is 36.0 Å². The van der Waals surface area contributed by atoms with Crippen LogP contribution in [0, 0.1) is 0 Å². The van der Waals surface area contributed by atoms with Gasteiger partial charge >= 0.3 is 0 Å². The summed E-state index contributed by atoms with van der Waals surface area (Å²) in [5.74, 6) is 1.66.